The summed E-state index contributed by atoms with van der Waals surface area (Å²) in [6.45, 7) is 0. The van der Waals surface area contributed by atoms with Crippen molar-refractivity contribution in [2.75, 3.05) is 0 Å². The molecule has 6 nitrogen and oxygen atoms in total. The number of oxazole rings is 1. The van der Waals surface area contributed by atoms with Crippen molar-refractivity contribution in [1.29, 1.82) is 5.26 Å². The van der Waals surface area contributed by atoms with Crippen molar-refractivity contribution >= 4 is 11.1 Å². The third kappa shape index (κ3) is 1.73. The first-order valence-corrected chi connectivity index (χ1v) is 5.39. The van der Waals surface area contributed by atoms with Gasteiger partial charge in [0.2, 0.25) is 5.88 Å². The van der Waals surface area contributed by atoms with Gasteiger partial charge >= 0.3 is 0 Å². The summed E-state index contributed by atoms with van der Waals surface area (Å²) in [6, 6.07) is 8.21. The number of hydrogen-bond acceptors (Lipinski definition) is 5. The number of aromatic nitrogens is 2. The molecule has 0 saturated heterocycles. The van der Waals surface area contributed by atoms with Gasteiger partial charge in [-0.05, 0) is 17.7 Å². The van der Waals surface area contributed by atoms with Crippen molar-refractivity contribution < 1.29 is 9.52 Å². The van der Waals surface area contributed by atoms with E-state index in [0.29, 0.717) is 22.2 Å². The molecule has 2 heterocycles. The number of H-pyrrole nitrogens is 1. The topological polar surface area (TPSA) is 103 Å². The molecule has 2 aromatic heterocycles. The minimum atomic E-state index is -0.482. The zero-order valence-electron chi connectivity index (χ0n) is 9.54. The Morgan fingerprint density at radius 3 is 3.00 bits per heavy atom. The molecule has 0 fully saturated rings. The lowest BCUT2D eigenvalue weighted by molar-refractivity contribution is 0.450. The zero-order chi connectivity index (χ0) is 13.4. The summed E-state index contributed by atoms with van der Waals surface area (Å²) in [7, 11) is 0. The summed E-state index contributed by atoms with van der Waals surface area (Å²) in [5.74, 6) is -0.442. The lowest BCUT2D eigenvalue weighted by atomic mass is 10.0. The predicted octanol–water partition coefficient (Wildman–Crippen LogP) is 1.76. The van der Waals surface area contributed by atoms with E-state index in [9.17, 15) is 9.90 Å². The van der Waals surface area contributed by atoms with Crippen LogP contribution in [-0.4, -0.2) is 15.1 Å². The molecule has 92 valence electrons. The van der Waals surface area contributed by atoms with Gasteiger partial charge in [-0.25, -0.2) is 4.98 Å². The fourth-order valence-corrected chi connectivity index (χ4v) is 1.91. The summed E-state index contributed by atoms with van der Waals surface area (Å²) >= 11 is 0. The van der Waals surface area contributed by atoms with Crippen LogP contribution in [0.2, 0.25) is 0 Å². The van der Waals surface area contributed by atoms with E-state index in [4.69, 9.17) is 9.68 Å². The van der Waals surface area contributed by atoms with Crippen LogP contribution in [0, 0.1) is 11.3 Å². The van der Waals surface area contributed by atoms with E-state index in [2.05, 4.69) is 9.97 Å². The Hall–Kier alpha value is -3.07. The number of benzene rings is 1. The SMILES string of the molecule is N#Cc1c(-c2ccc3ncoc3c2)cc(=O)[nH]c1O. The third-order valence-electron chi connectivity index (χ3n) is 2.78. The normalized spacial score (nSPS) is 10.5. The average Bonchev–Trinajstić information content (AvgIpc) is 2.85. The number of aromatic hydroxyl groups is 1. The number of nitriles is 1. The highest BCUT2D eigenvalue weighted by Gasteiger charge is 2.12. The summed E-state index contributed by atoms with van der Waals surface area (Å²) < 4.78 is 5.17. The summed E-state index contributed by atoms with van der Waals surface area (Å²) in [6.07, 6.45) is 1.31. The second-order valence-electron chi connectivity index (χ2n) is 3.92. The van der Waals surface area contributed by atoms with E-state index < -0.39 is 11.4 Å². The lowest BCUT2D eigenvalue weighted by Gasteiger charge is -2.04. The van der Waals surface area contributed by atoms with E-state index in [-0.39, 0.29) is 5.56 Å². The molecular weight excluding hydrogens is 246 g/mol. The van der Waals surface area contributed by atoms with Gasteiger partial charge in [0, 0.05) is 11.6 Å². The number of hydrogen-bond donors (Lipinski definition) is 2. The second-order valence-corrected chi connectivity index (χ2v) is 3.92. The molecule has 0 aliphatic rings. The van der Waals surface area contributed by atoms with Crippen LogP contribution in [0.3, 0.4) is 0 Å². The first-order chi connectivity index (χ1) is 9.19. The van der Waals surface area contributed by atoms with Crippen LogP contribution >= 0.6 is 0 Å². The highest BCUT2D eigenvalue weighted by molar-refractivity contribution is 5.82. The highest BCUT2D eigenvalue weighted by atomic mass is 16.3. The molecule has 3 aromatic rings. The molecule has 0 aliphatic carbocycles. The molecular formula is C13H7N3O3. The maximum Gasteiger partial charge on any atom is 0.251 e. The Bertz CT molecular complexity index is 871. The molecule has 0 bridgehead atoms. The molecule has 0 radical (unpaired) electrons. The number of nitrogens with zero attached hydrogens (tertiary/aromatic N) is 2. The van der Waals surface area contributed by atoms with Crippen LogP contribution in [0.1, 0.15) is 5.56 Å². The van der Waals surface area contributed by atoms with Gasteiger partial charge < -0.3 is 9.52 Å². The number of rotatable bonds is 1. The maximum atomic E-state index is 11.4. The van der Waals surface area contributed by atoms with Gasteiger partial charge in [-0.3, -0.25) is 9.78 Å². The maximum absolute atomic E-state index is 11.4. The van der Waals surface area contributed by atoms with Crippen LogP contribution in [0.5, 0.6) is 5.88 Å². The number of aromatic amines is 1. The fourth-order valence-electron chi connectivity index (χ4n) is 1.91. The monoisotopic (exact) mass is 253 g/mol. The predicted molar refractivity (Wildman–Crippen MR) is 66.4 cm³/mol. The van der Waals surface area contributed by atoms with E-state index in [1.54, 1.807) is 18.2 Å². The van der Waals surface area contributed by atoms with Crippen molar-refractivity contribution in [3.8, 4) is 23.1 Å². The van der Waals surface area contributed by atoms with Crippen LogP contribution in [0.4, 0.5) is 0 Å². The molecule has 0 atom stereocenters. The molecule has 0 saturated carbocycles. The first-order valence-electron chi connectivity index (χ1n) is 5.39. The van der Waals surface area contributed by atoms with Gasteiger partial charge in [0.15, 0.2) is 12.0 Å². The minimum Gasteiger partial charge on any atom is -0.494 e. The van der Waals surface area contributed by atoms with Crippen molar-refractivity contribution in [1.82, 2.24) is 9.97 Å². The third-order valence-corrected chi connectivity index (χ3v) is 2.78. The highest BCUT2D eigenvalue weighted by Crippen LogP contribution is 2.28. The Morgan fingerprint density at radius 1 is 1.37 bits per heavy atom. The molecule has 0 unspecified atom stereocenters. The summed E-state index contributed by atoms with van der Waals surface area (Å²) in [5.41, 5.74) is 1.70. The van der Waals surface area contributed by atoms with E-state index in [1.165, 1.54) is 12.5 Å². The molecule has 0 amide bonds. The van der Waals surface area contributed by atoms with E-state index in [1.807, 2.05) is 6.07 Å². The van der Waals surface area contributed by atoms with Crippen molar-refractivity contribution in [3.63, 3.8) is 0 Å². The number of fused-ring (bicyclic) bond motifs is 1. The van der Waals surface area contributed by atoms with Gasteiger partial charge in [0.05, 0.1) is 0 Å². The van der Waals surface area contributed by atoms with Crippen LogP contribution in [-0.2, 0) is 0 Å². The number of nitrogens with one attached hydrogen (secondary N) is 1. The Morgan fingerprint density at radius 2 is 2.21 bits per heavy atom. The molecule has 0 spiro atoms. The largest absolute Gasteiger partial charge is 0.494 e. The van der Waals surface area contributed by atoms with Crippen molar-refractivity contribution in [3.05, 3.63) is 46.6 Å². The molecule has 19 heavy (non-hydrogen) atoms. The van der Waals surface area contributed by atoms with Gasteiger partial charge in [-0.2, -0.15) is 5.26 Å². The van der Waals surface area contributed by atoms with Crippen molar-refractivity contribution in [2.24, 2.45) is 0 Å². The zero-order valence-corrected chi connectivity index (χ0v) is 9.54. The average molecular weight is 253 g/mol. The summed E-state index contributed by atoms with van der Waals surface area (Å²) in [5, 5.41) is 18.6. The van der Waals surface area contributed by atoms with Gasteiger partial charge in [0.25, 0.3) is 5.56 Å². The van der Waals surface area contributed by atoms with Crippen LogP contribution in [0.15, 0.2) is 39.9 Å². The Balaban J connectivity index is 2.31. The molecule has 1 aromatic carbocycles. The molecule has 2 N–H and O–H groups in total. The molecule has 6 heteroatoms. The Labute approximate surface area is 106 Å². The first kappa shape index (κ1) is 11.0. The standard InChI is InChI=1S/C13H7N3O3/c14-5-9-8(4-12(17)16-13(9)18)7-1-2-10-11(3-7)19-6-15-10/h1-4,6H,(H2,16,17,18). The quantitative estimate of drug-likeness (QED) is 0.687. The lowest BCUT2D eigenvalue weighted by Crippen LogP contribution is -2.06. The van der Waals surface area contributed by atoms with E-state index >= 15 is 0 Å². The van der Waals surface area contributed by atoms with E-state index in [0.717, 1.165) is 0 Å². The Kier molecular flexibility index (Phi) is 2.32. The van der Waals surface area contributed by atoms with Crippen LogP contribution in [0.25, 0.3) is 22.2 Å². The van der Waals surface area contributed by atoms with Gasteiger partial charge in [-0.1, -0.05) is 6.07 Å². The smallest absolute Gasteiger partial charge is 0.251 e. The fraction of sp³-hybridized carbons (Fsp3) is 0. The number of pyridine rings is 1. The molecule has 0 aliphatic heterocycles. The van der Waals surface area contributed by atoms with Crippen molar-refractivity contribution in [2.45, 2.75) is 0 Å². The van der Waals surface area contributed by atoms with Crippen LogP contribution < -0.4 is 5.56 Å². The molecule has 3 rings (SSSR count). The minimum absolute atomic E-state index is 0.0125. The second kappa shape index (κ2) is 3.99. The van der Waals surface area contributed by atoms with Gasteiger partial charge in [-0.15, -0.1) is 0 Å². The summed E-state index contributed by atoms with van der Waals surface area (Å²) in [4.78, 5) is 17.6. The van der Waals surface area contributed by atoms with Gasteiger partial charge in [0.1, 0.15) is 17.1 Å².